The van der Waals surface area contributed by atoms with Gasteiger partial charge in [0.05, 0.1) is 0 Å². The average molecular weight is 451 g/mol. The van der Waals surface area contributed by atoms with Crippen LogP contribution in [0.3, 0.4) is 0 Å². The number of benzene rings is 2. The van der Waals surface area contributed by atoms with E-state index in [0.29, 0.717) is 17.3 Å². The molecule has 2 aliphatic rings. The predicted octanol–water partition coefficient (Wildman–Crippen LogP) is 6.23. The fraction of sp³-hybridized carbons (Fsp3) is 0.250. The molecule has 2 N–H and O–H groups in total. The third-order valence-corrected chi connectivity index (χ3v) is 6.45. The third-order valence-electron chi connectivity index (χ3n) is 6.45. The van der Waals surface area contributed by atoms with E-state index in [1.165, 1.54) is 24.0 Å². The van der Waals surface area contributed by atoms with Gasteiger partial charge < -0.3 is 15.2 Å². The number of hydrogen-bond acceptors (Lipinski definition) is 5. The molecule has 2 aliphatic carbocycles. The molecule has 2 heterocycles. The number of hydrogen-bond donors (Lipinski definition) is 2. The number of amides is 1. The Morgan fingerprint density at radius 2 is 1.56 bits per heavy atom. The van der Waals surface area contributed by atoms with Crippen LogP contribution in [-0.4, -0.2) is 22.1 Å². The van der Waals surface area contributed by atoms with Crippen LogP contribution in [0.25, 0.3) is 22.5 Å². The van der Waals surface area contributed by atoms with Crippen molar-refractivity contribution >= 4 is 17.4 Å². The van der Waals surface area contributed by atoms with Crippen LogP contribution in [0.4, 0.5) is 11.5 Å². The molecule has 6 heteroatoms. The van der Waals surface area contributed by atoms with E-state index >= 15 is 0 Å². The average Bonchev–Trinajstić information content (AvgIpc) is 3.80. The highest BCUT2D eigenvalue weighted by Gasteiger charge is 2.25. The summed E-state index contributed by atoms with van der Waals surface area (Å²) in [7, 11) is 0. The van der Waals surface area contributed by atoms with Gasteiger partial charge in [-0.05, 0) is 67.3 Å². The molecule has 0 aliphatic heterocycles. The molecule has 0 radical (unpaired) electrons. The normalized spacial score (nSPS) is 15.2. The highest BCUT2D eigenvalue weighted by molar-refractivity contribution is 5.93. The van der Waals surface area contributed by atoms with Crippen LogP contribution in [0.15, 0.2) is 71.3 Å². The van der Waals surface area contributed by atoms with Crippen LogP contribution in [0.5, 0.6) is 0 Å². The van der Waals surface area contributed by atoms with Crippen molar-refractivity contribution in [3.63, 3.8) is 0 Å². The third kappa shape index (κ3) is 4.31. The molecule has 4 aromatic rings. The standard InChI is InChI=1S/C28H26N4O2/c1-17-26(31-25-4-2-3-24(30-25)28(33)29-23-15-16-23)27(34-32-17)22-13-11-21(12-14-22)20-9-7-19(8-10-20)18-5-6-18/h2-4,7-14,18,23H,5-6,15-16H2,1H3,(H,29,33)(H,30,31). The zero-order valence-corrected chi connectivity index (χ0v) is 19.0. The van der Waals surface area contributed by atoms with E-state index in [0.717, 1.165) is 41.3 Å². The van der Waals surface area contributed by atoms with Crippen molar-refractivity contribution in [3.8, 4) is 22.5 Å². The molecule has 0 unspecified atom stereocenters. The lowest BCUT2D eigenvalue weighted by molar-refractivity contribution is 0.0946. The van der Waals surface area contributed by atoms with E-state index in [4.69, 9.17) is 4.52 Å². The first-order valence-corrected chi connectivity index (χ1v) is 11.9. The summed E-state index contributed by atoms with van der Waals surface area (Å²) in [5, 5.41) is 10.4. The number of rotatable bonds is 7. The molecule has 0 saturated heterocycles. The summed E-state index contributed by atoms with van der Waals surface area (Å²) in [5.74, 6) is 1.83. The van der Waals surface area contributed by atoms with Gasteiger partial charge in [-0.25, -0.2) is 4.98 Å². The van der Waals surface area contributed by atoms with Gasteiger partial charge in [0.2, 0.25) is 0 Å². The van der Waals surface area contributed by atoms with Gasteiger partial charge in [0.1, 0.15) is 22.9 Å². The van der Waals surface area contributed by atoms with Crippen molar-refractivity contribution in [2.45, 2.75) is 44.6 Å². The fourth-order valence-corrected chi connectivity index (χ4v) is 4.14. The van der Waals surface area contributed by atoms with Crippen LogP contribution in [0, 0.1) is 6.92 Å². The molecule has 2 aromatic heterocycles. The Kier molecular flexibility index (Phi) is 5.13. The molecule has 0 spiro atoms. The number of anilines is 2. The maximum Gasteiger partial charge on any atom is 0.270 e. The first-order chi connectivity index (χ1) is 16.6. The summed E-state index contributed by atoms with van der Waals surface area (Å²) in [6.07, 6.45) is 4.71. The Hall–Kier alpha value is -3.93. The van der Waals surface area contributed by atoms with Gasteiger partial charge in [-0.2, -0.15) is 0 Å². The van der Waals surface area contributed by atoms with Crippen molar-refractivity contribution in [3.05, 3.63) is 83.7 Å². The largest absolute Gasteiger partial charge is 0.354 e. The Morgan fingerprint density at radius 3 is 2.24 bits per heavy atom. The van der Waals surface area contributed by atoms with E-state index in [1.807, 2.05) is 31.2 Å². The number of aryl methyl sites for hydroxylation is 1. The number of nitrogens with one attached hydrogen (secondary N) is 2. The molecule has 170 valence electrons. The number of carbonyl (C=O) groups is 1. The van der Waals surface area contributed by atoms with E-state index in [9.17, 15) is 4.79 Å². The van der Waals surface area contributed by atoms with E-state index in [2.05, 4.69) is 57.2 Å². The smallest absolute Gasteiger partial charge is 0.270 e. The molecular formula is C28H26N4O2. The second kappa shape index (κ2) is 8.45. The van der Waals surface area contributed by atoms with Gasteiger partial charge in [0, 0.05) is 11.6 Å². The maximum absolute atomic E-state index is 12.4. The van der Waals surface area contributed by atoms with Crippen molar-refractivity contribution in [1.29, 1.82) is 0 Å². The van der Waals surface area contributed by atoms with Crippen molar-refractivity contribution in [1.82, 2.24) is 15.5 Å². The number of aromatic nitrogens is 2. The molecule has 34 heavy (non-hydrogen) atoms. The van der Waals surface area contributed by atoms with Crippen molar-refractivity contribution in [2.75, 3.05) is 5.32 Å². The Labute approximate surface area is 198 Å². The SMILES string of the molecule is Cc1noc(-c2ccc(-c3ccc(C4CC4)cc3)cc2)c1Nc1cccc(C(=O)NC2CC2)n1. The summed E-state index contributed by atoms with van der Waals surface area (Å²) < 4.78 is 5.67. The Balaban J connectivity index is 1.22. The molecule has 2 fully saturated rings. The van der Waals surface area contributed by atoms with Gasteiger partial charge in [-0.15, -0.1) is 0 Å². The monoisotopic (exact) mass is 450 g/mol. The Bertz CT molecular complexity index is 1330. The first kappa shape index (κ1) is 20.7. The molecule has 0 atom stereocenters. The first-order valence-electron chi connectivity index (χ1n) is 11.9. The number of carbonyl (C=O) groups excluding carboxylic acids is 1. The van der Waals surface area contributed by atoms with E-state index in [-0.39, 0.29) is 11.9 Å². The molecule has 6 nitrogen and oxygen atoms in total. The summed E-state index contributed by atoms with van der Waals surface area (Å²) in [6, 6.07) is 22.8. The van der Waals surface area contributed by atoms with Gasteiger partial charge in [0.15, 0.2) is 5.76 Å². The lowest BCUT2D eigenvalue weighted by atomic mass is 10.0. The summed E-state index contributed by atoms with van der Waals surface area (Å²) in [6.45, 7) is 1.88. The molecule has 0 bridgehead atoms. The van der Waals surface area contributed by atoms with Crippen molar-refractivity contribution < 1.29 is 9.32 Å². The molecule has 6 rings (SSSR count). The minimum atomic E-state index is -0.144. The second-order valence-corrected chi connectivity index (χ2v) is 9.23. The predicted molar refractivity (Wildman–Crippen MR) is 132 cm³/mol. The van der Waals surface area contributed by atoms with Gasteiger partial charge >= 0.3 is 0 Å². The topological polar surface area (TPSA) is 80.0 Å². The maximum atomic E-state index is 12.4. The van der Waals surface area contributed by atoms with E-state index in [1.54, 1.807) is 6.07 Å². The minimum Gasteiger partial charge on any atom is -0.354 e. The van der Waals surface area contributed by atoms with Crippen LogP contribution < -0.4 is 10.6 Å². The van der Waals surface area contributed by atoms with Gasteiger partial charge in [-0.1, -0.05) is 59.8 Å². The second-order valence-electron chi connectivity index (χ2n) is 9.23. The number of nitrogens with zero attached hydrogens (tertiary/aromatic N) is 2. The fourth-order valence-electron chi connectivity index (χ4n) is 4.14. The molecular weight excluding hydrogens is 424 g/mol. The zero-order valence-electron chi connectivity index (χ0n) is 19.0. The quantitative estimate of drug-likeness (QED) is 0.349. The summed E-state index contributed by atoms with van der Waals surface area (Å²) >= 11 is 0. The minimum absolute atomic E-state index is 0.144. The van der Waals surface area contributed by atoms with Gasteiger partial charge in [0.25, 0.3) is 5.91 Å². The van der Waals surface area contributed by atoms with Crippen LogP contribution in [0.1, 0.15) is 53.3 Å². The summed E-state index contributed by atoms with van der Waals surface area (Å²) in [5.41, 5.74) is 6.59. The number of pyridine rings is 1. The molecule has 2 saturated carbocycles. The summed E-state index contributed by atoms with van der Waals surface area (Å²) in [4.78, 5) is 16.9. The van der Waals surface area contributed by atoms with E-state index < -0.39 is 0 Å². The molecule has 2 aromatic carbocycles. The molecule has 1 amide bonds. The zero-order chi connectivity index (χ0) is 23.1. The highest BCUT2D eigenvalue weighted by atomic mass is 16.5. The lowest BCUT2D eigenvalue weighted by Gasteiger charge is -2.09. The van der Waals surface area contributed by atoms with Crippen LogP contribution in [0.2, 0.25) is 0 Å². The van der Waals surface area contributed by atoms with Crippen LogP contribution in [-0.2, 0) is 0 Å². The highest BCUT2D eigenvalue weighted by Crippen LogP contribution is 2.40. The van der Waals surface area contributed by atoms with Crippen molar-refractivity contribution in [2.24, 2.45) is 0 Å². The van der Waals surface area contributed by atoms with Crippen LogP contribution >= 0.6 is 0 Å². The lowest BCUT2D eigenvalue weighted by Crippen LogP contribution is -2.26. The van der Waals surface area contributed by atoms with Gasteiger partial charge in [-0.3, -0.25) is 4.79 Å². The Morgan fingerprint density at radius 1 is 0.882 bits per heavy atom.